The molecule has 0 aromatic heterocycles. The summed E-state index contributed by atoms with van der Waals surface area (Å²) in [4.78, 5) is 15.5. The molecule has 6 heteroatoms. The zero-order valence-corrected chi connectivity index (χ0v) is 16.6. The Morgan fingerprint density at radius 2 is 2.00 bits per heavy atom. The molecule has 3 heterocycles. The third kappa shape index (κ3) is 4.25. The van der Waals surface area contributed by atoms with E-state index >= 15 is 0 Å². The molecule has 0 aliphatic carbocycles. The number of ether oxygens (including phenoxy) is 2. The first-order valence-electron chi connectivity index (χ1n) is 10.2. The first-order chi connectivity index (χ1) is 13.2. The molecular formula is C21H29ClN2O3. The Hall–Kier alpha value is -1.30. The van der Waals surface area contributed by atoms with Gasteiger partial charge in [0.25, 0.3) is 0 Å². The van der Waals surface area contributed by atoms with Crippen LogP contribution in [0.4, 0.5) is 0 Å². The number of carbonyl (C=O) groups is 1. The molecule has 0 spiro atoms. The van der Waals surface area contributed by atoms with Gasteiger partial charge in [-0.15, -0.1) is 0 Å². The molecule has 0 bridgehead atoms. The van der Waals surface area contributed by atoms with E-state index in [9.17, 15) is 4.79 Å². The standard InChI is InChI=1S/C21H29ClN2O3/c22-18-4-5-19-16(13-18)12-17(14-27-19)20(25)23-15-21(6-10-26-11-7-21)24-8-2-1-3-9-24/h4-5,13,17H,1-3,6-12,14-15H2,(H,23,25). The van der Waals surface area contributed by atoms with Gasteiger partial charge in [-0.1, -0.05) is 18.0 Å². The normalized spacial score (nSPS) is 25.3. The fourth-order valence-corrected chi connectivity index (χ4v) is 4.85. The van der Waals surface area contributed by atoms with Crippen molar-refractivity contribution >= 4 is 17.5 Å². The predicted octanol–water partition coefficient (Wildman–Crippen LogP) is 3.04. The molecule has 27 heavy (non-hydrogen) atoms. The van der Waals surface area contributed by atoms with Crippen molar-refractivity contribution in [2.45, 2.75) is 44.1 Å². The lowest BCUT2D eigenvalue weighted by Crippen LogP contribution is -2.60. The molecule has 0 radical (unpaired) electrons. The van der Waals surface area contributed by atoms with Crippen LogP contribution in [0.5, 0.6) is 5.75 Å². The van der Waals surface area contributed by atoms with E-state index in [0.29, 0.717) is 24.6 Å². The number of nitrogens with one attached hydrogen (secondary N) is 1. The third-order valence-corrected chi connectivity index (χ3v) is 6.58. The molecule has 4 rings (SSSR count). The van der Waals surface area contributed by atoms with Gasteiger partial charge in [-0.2, -0.15) is 0 Å². The Labute approximate surface area is 166 Å². The minimum Gasteiger partial charge on any atom is -0.492 e. The molecule has 2 fully saturated rings. The van der Waals surface area contributed by atoms with Gasteiger partial charge in [0.15, 0.2) is 0 Å². The number of likely N-dealkylation sites (tertiary alicyclic amines) is 1. The Kier molecular flexibility index (Phi) is 5.90. The van der Waals surface area contributed by atoms with E-state index in [2.05, 4.69) is 10.2 Å². The SMILES string of the molecule is O=C(NCC1(N2CCCCC2)CCOCC1)C1COc2ccc(Cl)cc2C1. The number of fused-ring (bicyclic) bond motifs is 1. The minimum atomic E-state index is -0.158. The van der Waals surface area contributed by atoms with E-state index in [1.165, 1.54) is 19.3 Å². The first-order valence-corrected chi connectivity index (χ1v) is 10.6. The molecule has 148 valence electrons. The van der Waals surface area contributed by atoms with Crippen molar-refractivity contribution in [3.05, 3.63) is 28.8 Å². The summed E-state index contributed by atoms with van der Waals surface area (Å²) in [5.41, 5.74) is 1.07. The van der Waals surface area contributed by atoms with E-state index < -0.39 is 0 Å². The van der Waals surface area contributed by atoms with Crippen LogP contribution in [0.15, 0.2) is 18.2 Å². The highest BCUT2D eigenvalue weighted by Crippen LogP contribution is 2.32. The van der Waals surface area contributed by atoms with Crippen molar-refractivity contribution in [1.82, 2.24) is 10.2 Å². The Bertz CT molecular complexity index is 669. The number of hydrogen-bond donors (Lipinski definition) is 1. The van der Waals surface area contributed by atoms with Crippen LogP contribution in [0.3, 0.4) is 0 Å². The van der Waals surface area contributed by atoms with Crippen molar-refractivity contribution < 1.29 is 14.3 Å². The third-order valence-electron chi connectivity index (χ3n) is 6.34. The van der Waals surface area contributed by atoms with Gasteiger partial charge in [-0.05, 0) is 69.0 Å². The van der Waals surface area contributed by atoms with E-state index in [4.69, 9.17) is 21.1 Å². The highest BCUT2D eigenvalue weighted by molar-refractivity contribution is 6.30. The quantitative estimate of drug-likeness (QED) is 0.855. The maximum Gasteiger partial charge on any atom is 0.226 e. The smallest absolute Gasteiger partial charge is 0.226 e. The van der Waals surface area contributed by atoms with Gasteiger partial charge in [-0.3, -0.25) is 9.69 Å². The summed E-state index contributed by atoms with van der Waals surface area (Å²) in [5.74, 6) is 0.774. The van der Waals surface area contributed by atoms with Crippen LogP contribution in [0.2, 0.25) is 5.02 Å². The van der Waals surface area contributed by atoms with Crippen LogP contribution in [-0.4, -0.2) is 55.8 Å². The number of rotatable bonds is 4. The van der Waals surface area contributed by atoms with Crippen LogP contribution in [0.1, 0.15) is 37.7 Å². The van der Waals surface area contributed by atoms with E-state index in [1.807, 2.05) is 18.2 Å². The molecule has 3 aliphatic rings. The summed E-state index contributed by atoms with van der Waals surface area (Å²) < 4.78 is 11.4. The second kappa shape index (κ2) is 8.38. The lowest BCUT2D eigenvalue weighted by atomic mass is 9.85. The zero-order valence-electron chi connectivity index (χ0n) is 15.8. The monoisotopic (exact) mass is 392 g/mol. The van der Waals surface area contributed by atoms with Gasteiger partial charge < -0.3 is 14.8 Å². The second-order valence-electron chi connectivity index (χ2n) is 8.07. The average Bonchev–Trinajstić information content (AvgIpc) is 2.73. The number of benzene rings is 1. The molecular weight excluding hydrogens is 364 g/mol. The van der Waals surface area contributed by atoms with Gasteiger partial charge in [0.2, 0.25) is 5.91 Å². The molecule has 1 N–H and O–H groups in total. The molecule has 2 saturated heterocycles. The van der Waals surface area contributed by atoms with Crippen molar-refractivity contribution in [3.8, 4) is 5.75 Å². The van der Waals surface area contributed by atoms with Crippen LogP contribution < -0.4 is 10.1 Å². The molecule has 1 amide bonds. The lowest BCUT2D eigenvalue weighted by molar-refractivity contribution is -0.127. The average molecular weight is 393 g/mol. The predicted molar refractivity (Wildman–Crippen MR) is 105 cm³/mol. The highest BCUT2D eigenvalue weighted by atomic mass is 35.5. The number of nitrogens with zero attached hydrogens (tertiary/aromatic N) is 1. The number of halogens is 1. The van der Waals surface area contributed by atoms with E-state index in [-0.39, 0.29) is 17.4 Å². The number of piperidine rings is 1. The maximum absolute atomic E-state index is 12.9. The molecule has 1 aromatic rings. The van der Waals surface area contributed by atoms with Gasteiger partial charge in [0.05, 0.1) is 5.92 Å². The van der Waals surface area contributed by atoms with E-state index in [0.717, 1.165) is 50.5 Å². The van der Waals surface area contributed by atoms with Crippen molar-refractivity contribution in [2.24, 2.45) is 5.92 Å². The highest BCUT2D eigenvalue weighted by Gasteiger charge is 2.39. The largest absolute Gasteiger partial charge is 0.492 e. The van der Waals surface area contributed by atoms with Gasteiger partial charge in [0, 0.05) is 30.3 Å². The number of carbonyl (C=O) groups excluding carboxylic acids is 1. The number of hydrogen-bond acceptors (Lipinski definition) is 4. The summed E-state index contributed by atoms with van der Waals surface area (Å²) in [6, 6.07) is 5.62. The fraction of sp³-hybridized carbons (Fsp3) is 0.667. The van der Waals surface area contributed by atoms with Gasteiger partial charge >= 0.3 is 0 Å². The summed E-state index contributed by atoms with van der Waals surface area (Å²) >= 11 is 6.10. The van der Waals surface area contributed by atoms with Gasteiger partial charge in [0.1, 0.15) is 12.4 Å². The summed E-state index contributed by atoms with van der Waals surface area (Å²) in [6.45, 7) is 4.96. The van der Waals surface area contributed by atoms with E-state index in [1.54, 1.807) is 0 Å². The molecule has 1 atom stereocenters. The van der Waals surface area contributed by atoms with Crippen molar-refractivity contribution in [3.63, 3.8) is 0 Å². The Morgan fingerprint density at radius 1 is 1.22 bits per heavy atom. The van der Waals surface area contributed by atoms with Crippen LogP contribution in [-0.2, 0) is 16.0 Å². The molecule has 0 saturated carbocycles. The first kappa shape index (κ1) is 19.0. The zero-order chi connectivity index (χ0) is 18.7. The summed E-state index contributed by atoms with van der Waals surface area (Å²) in [6.07, 6.45) is 6.49. The van der Waals surface area contributed by atoms with Crippen molar-refractivity contribution in [1.29, 1.82) is 0 Å². The lowest BCUT2D eigenvalue weighted by Gasteiger charge is -2.48. The second-order valence-corrected chi connectivity index (χ2v) is 8.50. The fourth-order valence-electron chi connectivity index (χ4n) is 4.65. The minimum absolute atomic E-state index is 0.0467. The van der Waals surface area contributed by atoms with Crippen LogP contribution in [0, 0.1) is 5.92 Å². The molecule has 1 aromatic carbocycles. The number of amides is 1. The molecule has 3 aliphatic heterocycles. The summed E-state index contributed by atoms with van der Waals surface area (Å²) in [7, 11) is 0. The summed E-state index contributed by atoms with van der Waals surface area (Å²) in [5, 5.41) is 3.94. The molecule has 5 nitrogen and oxygen atoms in total. The Balaban J connectivity index is 1.39. The van der Waals surface area contributed by atoms with Crippen LogP contribution in [0.25, 0.3) is 0 Å². The topological polar surface area (TPSA) is 50.8 Å². The van der Waals surface area contributed by atoms with Gasteiger partial charge in [-0.25, -0.2) is 0 Å². The van der Waals surface area contributed by atoms with Crippen LogP contribution >= 0.6 is 11.6 Å². The van der Waals surface area contributed by atoms with Crippen molar-refractivity contribution in [2.75, 3.05) is 39.5 Å². The molecule has 1 unspecified atom stereocenters. The Morgan fingerprint density at radius 3 is 2.78 bits per heavy atom. The maximum atomic E-state index is 12.9.